The molecule has 4 aliphatic rings. The number of piperidine rings is 1. The number of anilines is 3. The average Bonchev–Trinajstić information content (AvgIpc) is 3.74. The monoisotopic (exact) mass is 579 g/mol. The zero-order valence-corrected chi connectivity index (χ0v) is 25.2. The Kier molecular flexibility index (Phi) is 5.96. The van der Waals surface area contributed by atoms with Crippen molar-refractivity contribution in [1.82, 2.24) is 24.4 Å². The number of carbonyl (C=O) groups excluding carboxylic acids is 1. The molecule has 1 amide bonds. The van der Waals surface area contributed by atoms with Crippen molar-refractivity contribution in [2.75, 3.05) is 16.8 Å². The van der Waals surface area contributed by atoms with Gasteiger partial charge in [0.15, 0.2) is 11.6 Å². The number of benzene rings is 1. The highest BCUT2D eigenvalue weighted by atomic mass is 19.1. The quantitative estimate of drug-likeness (QED) is 0.277. The van der Waals surface area contributed by atoms with Crippen LogP contribution in [0.25, 0.3) is 22.3 Å². The highest BCUT2D eigenvalue weighted by Gasteiger charge is 2.52. The van der Waals surface area contributed by atoms with Crippen LogP contribution in [-0.2, 0) is 10.2 Å². The van der Waals surface area contributed by atoms with E-state index >= 15 is 0 Å². The van der Waals surface area contributed by atoms with E-state index in [4.69, 9.17) is 9.97 Å². The van der Waals surface area contributed by atoms with Gasteiger partial charge in [-0.3, -0.25) is 14.7 Å². The van der Waals surface area contributed by atoms with Gasteiger partial charge in [-0.25, -0.2) is 14.4 Å². The number of imidazole rings is 1. The van der Waals surface area contributed by atoms with Gasteiger partial charge in [-0.1, -0.05) is 12.1 Å². The third kappa shape index (κ3) is 4.11. The molecule has 9 heteroatoms. The Morgan fingerprint density at radius 2 is 1.88 bits per heavy atom. The van der Waals surface area contributed by atoms with Crippen LogP contribution in [0.5, 0.6) is 0 Å². The SMILES string of the molecule is CC(C)n1cnc2cc(-c3ccc4c(c3)N(C3CC(N5C[C@H]6CC[C@@H]5C6)C3)C(=O)C4(C)C)nc(Nc3ccncc3F)c21. The van der Waals surface area contributed by atoms with E-state index in [0.29, 0.717) is 17.5 Å². The van der Waals surface area contributed by atoms with Gasteiger partial charge in [0, 0.05) is 48.2 Å². The lowest BCUT2D eigenvalue weighted by Gasteiger charge is -2.48. The number of hydrogen-bond donors (Lipinski definition) is 1. The molecule has 1 N–H and O–H groups in total. The Labute approximate surface area is 251 Å². The third-order valence-corrected chi connectivity index (χ3v) is 10.5. The summed E-state index contributed by atoms with van der Waals surface area (Å²) in [5.74, 6) is 1.14. The van der Waals surface area contributed by atoms with Crippen molar-refractivity contribution in [1.29, 1.82) is 0 Å². The van der Waals surface area contributed by atoms with Crippen molar-refractivity contribution < 1.29 is 9.18 Å². The van der Waals surface area contributed by atoms with Crippen LogP contribution in [0.3, 0.4) is 0 Å². The number of fused-ring (bicyclic) bond motifs is 4. The van der Waals surface area contributed by atoms with Crippen LogP contribution in [0.4, 0.5) is 21.6 Å². The van der Waals surface area contributed by atoms with Crippen LogP contribution in [-0.4, -0.2) is 55.0 Å². The number of carbonyl (C=O) groups is 1. The number of nitrogens with one attached hydrogen (secondary N) is 1. The number of likely N-dealkylation sites (tertiary alicyclic amines) is 1. The summed E-state index contributed by atoms with van der Waals surface area (Å²) in [5, 5.41) is 3.21. The summed E-state index contributed by atoms with van der Waals surface area (Å²) < 4.78 is 16.7. The molecular weight excluding hydrogens is 541 g/mol. The molecule has 4 aromatic rings. The zero-order valence-electron chi connectivity index (χ0n) is 25.2. The van der Waals surface area contributed by atoms with Crippen molar-refractivity contribution in [3.05, 3.63) is 60.4 Å². The molecule has 3 aromatic heterocycles. The van der Waals surface area contributed by atoms with Crippen LogP contribution in [0.2, 0.25) is 0 Å². The van der Waals surface area contributed by atoms with E-state index in [1.807, 2.05) is 30.5 Å². The summed E-state index contributed by atoms with van der Waals surface area (Å²) >= 11 is 0. The molecule has 2 bridgehead atoms. The molecule has 5 heterocycles. The second-order valence-electron chi connectivity index (χ2n) is 13.8. The highest BCUT2D eigenvalue weighted by Crippen LogP contribution is 2.49. The lowest BCUT2D eigenvalue weighted by atomic mass is 9.82. The van der Waals surface area contributed by atoms with Crippen molar-refractivity contribution in [3.63, 3.8) is 0 Å². The molecular formula is C34H38FN7O. The molecule has 2 saturated carbocycles. The molecule has 222 valence electrons. The second-order valence-corrected chi connectivity index (χ2v) is 13.8. The van der Waals surface area contributed by atoms with E-state index in [-0.39, 0.29) is 18.0 Å². The Balaban J connectivity index is 1.16. The molecule has 2 aliphatic heterocycles. The van der Waals surface area contributed by atoms with E-state index in [9.17, 15) is 9.18 Å². The predicted octanol–water partition coefficient (Wildman–Crippen LogP) is 6.60. The number of aromatic nitrogens is 4. The lowest BCUT2D eigenvalue weighted by molar-refractivity contribution is -0.123. The van der Waals surface area contributed by atoms with Crippen LogP contribution in [0, 0.1) is 11.7 Å². The van der Waals surface area contributed by atoms with Crippen LogP contribution < -0.4 is 10.2 Å². The van der Waals surface area contributed by atoms with Crippen molar-refractivity contribution in [2.24, 2.45) is 5.92 Å². The van der Waals surface area contributed by atoms with Crippen molar-refractivity contribution in [2.45, 2.75) is 89.4 Å². The Hall–Kier alpha value is -3.85. The first-order valence-electron chi connectivity index (χ1n) is 15.7. The fraction of sp³-hybridized carbons (Fsp3) is 0.471. The fourth-order valence-corrected chi connectivity index (χ4v) is 8.05. The largest absolute Gasteiger partial charge is 0.336 e. The normalized spacial score (nSPS) is 26.0. The Bertz CT molecular complexity index is 1760. The van der Waals surface area contributed by atoms with Crippen molar-refractivity contribution >= 4 is 34.1 Å². The first-order chi connectivity index (χ1) is 20.7. The van der Waals surface area contributed by atoms with Gasteiger partial charge in [0.25, 0.3) is 0 Å². The topological polar surface area (TPSA) is 79.2 Å². The van der Waals surface area contributed by atoms with Crippen molar-refractivity contribution in [3.8, 4) is 11.3 Å². The van der Waals surface area contributed by atoms with E-state index in [1.165, 1.54) is 32.0 Å². The van der Waals surface area contributed by atoms with Crippen LogP contribution in [0.1, 0.15) is 71.4 Å². The number of nitrogens with zero attached hydrogens (tertiary/aromatic N) is 6. The minimum atomic E-state index is -0.579. The van der Waals surface area contributed by atoms with E-state index in [1.54, 1.807) is 18.6 Å². The number of amides is 1. The van der Waals surface area contributed by atoms with Gasteiger partial charge < -0.3 is 14.8 Å². The fourth-order valence-electron chi connectivity index (χ4n) is 8.05. The Morgan fingerprint density at radius 3 is 2.60 bits per heavy atom. The molecule has 1 aromatic carbocycles. The number of pyridine rings is 2. The minimum Gasteiger partial charge on any atom is -0.336 e. The van der Waals surface area contributed by atoms with Gasteiger partial charge in [-0.15, -0.1) is 0 Å². The number of hydrogen-bond acceptors (Lipinski definition) is 6. The molecule has 0 unspecified atom stereocenters. The first-order valence-corrected chi connectivity index (χ1v) is 15.7. The van der Waals surface area contributed by atoms with Gasteiger partial charge in [0.1, 0.15) is 5.52 Å². The maximum Gasteiger partial charge on any atom is 0.237 e. The van der Waals surface area contributed by atoms with Gasteiger partial charge in [0.05, 0.1) is 34.8 Å². The van der Waals surface area contributed by atoms with Gasteiger partial charge in [-0.05, 0) is 89.5 Å². The molecule has 8 nitrogen and oxygen atoms in total. The van der Waals surface area contributed by atoms with E-state index in [0.717, 1.165) is 58.3 Å². The predicted molar refractivity (Wildman–Crippen MR) is 166 cm³/mol. The Morgan fingerprint density at radius 1 is 1.05 bits per heavy atom. The molecule has 2 aliphatic carbocycles. The summed E-state index contributed by atoms with van der Waals surface area (Å²) in [4.78, 5) is 32.3. The summed E-state index contributed by atoms with van der Waals surface area (Å²) in [6.45, 7) is 9.48. The minimum absolute atomic E-state index is 0.143. The number of halogens is 1. The van der Waals surface area contributed by atoms with Gasteiger partial charge in [0.2, 0.25) is 5.91 Å². The highest BCUT2D eigenvalue weighted by molar-refractivity contribution is 6.08. The first kappa shape index (κ1) is 26.8. The molecule has 8 rings (SSSR count). The maximum absolute atomic E-state index is 14.7. The molecule has 43 heavy (non-hydrogen) atoms. The van der Waals surface area contributed by atoms with E-state index in [2.05, 4.69) is 46.1 Å². The molecule has 0 radical (unpaired) electrons. The standard InChI is InChI=1S/C34H38FN7O/c1-19(2)41-18-37-29-15-28(39-32(31(29)41)38-27-9-10-36-16-26(27)35)21-6-8-25-30(12-21)42(33(43)34(25,3)4)24-13-23(14-24)40-17-20-5-7-22(40)11-20/h6,8-10,12,15-16,18-20,22-24H,5,7,11,13-14,17H2,1-4H3,(H,36,38,39)/t20-,22+,23?,24?/m0/s1. The van der Waals surface area contributed by atoms with Crippen LogP contribution >= 0.6 is 0 Å². The molecule has 0 spiro atoms. The van der Waals surface area contributed by atoms with E-state index < -0.39 is 11.2 Å². The molecule has 1 saturated heterocycles. The molecule has 3 fully saturated rings. The summed E-state index contributed by atoms with van der Waals surface area (Å²) in [6, 6.07) is 11.6. The number of rotatable bonds is 6. The third-order valence-electron chi connectivity index (χ3n) is 10.5. The van der Waals surface area contributed by atoms with Crippen LogP contribution in [0.15, 0.2) is 49.1 Å². The zero-order chi connectivity index (χ0) is 29.6. The smallest absolute Gasteiger partial charge is 0.237 e. The maximum atomic E-state index is 14.7. The lowest BCUT2D eigenvalue weighted by Crippen LogP contribution is -2.57. The summed E-state index contributed by atoms with van der Waals surface area (Å²) in [5.41, 5.74) is 4.98. The van der Waals surface area contributed by atoms with Gasteiger partial charge in [-0.2, -0.15) is 0 Å². The summed E-state index contributed by atoms with van der Waals surface area (Å²) in [6.07, 6.45) is 10.7. The van der Waals surface area contributed by atoms with Gasteiger partial charge >= 0.3 is 0 Å². The second kappa shape index (κ2) is 9.58. The summed E-state index contributed by atoms with van der Waals surface area (Å²) in [7, 11) is 0. The molecule has 2 atom stereocenters. The average molecular weight is 580 g/mol.